The van der Waals surface area contributed by atoms with Crippen LogP contribution in [0, 0.1) is 11.3 Å². The predicted octanol–water partition coefficient (Wildman–Crippen LogP) is 2.31. The van der Waals surface area contributed by atoms with Crippen LogP contribution >= 0.6 is 0 Å². The molecule has 4 nitrogen and oxygen atoms in total. The maximum atomic E-state index is 8.69. The summed E-state index contributed by atoms with van der Waals surface area (Å²) in [5.74, 6) is 1.64. The molecule has 1 aromatic carbocycles. The first-order valence-electron chi connectivity index (χ1n) is 6.16. The highest BCUT2D eigenvalue weighted by Crippen LogP contribution is 2.16. The fourth-order valence-corrected chi connectivity index (χ4v) is 1.65. The number of hydrogen-bond donors (Lipinski definition) is 0. The van der Waals surface area contributed by atoms with Crippen molar-refractivity contribution in [3.05, 3.63) is 24.3 Å². The summed E-state index contributed by atoms with van der Waals surface area (Å²) < 4.78 is 10.7. The zero-order chi connectivity index (χ0) is 13.2. The van der Waals surface area contributed by atoms with Crippen molar-refractivity contribution in [2.75, 3.05) is 33.4 Å². The van der Waals surface area contributed by atoms with E-state index in [1.54, 1.807) is 7.11 Å². The number of ether oxygens (including phenoxy) is 2. The van der Waals surface area contributed by atoms with Gasteiger partial charge in [-0.05, 0) is 37.2 Å². The molecule has 0 aromatic heterocycles. The molecule has 0 radical (unpaired) electrons. The predicted molar refractivity (Wildman–Crippen MR) is 70.8 cm³/mol. The van der Waals surface area contributed by atoms with E-state index in [1.807, 2.05) is 24.3 Å². The Balaban J connectivity index is 2.33. The Morgan fingerprint density at radius 3 is 2.39 bits per heavy atom. The van der Waals surface area contributed by atoms with Crippen molar-refractivity contribution in [1.82, 2.24) is 4.90 Å². The Labute approximate surface area is 109 Å². The second-order valence-corrected chi connectivity index (χ2v) is 3.96. The Kier molecular flexibility index (Phi) is 6.67. The highest BCUT2D eigenvalue weighted by molar-refractivity contribution is 5.31. The molecule has 98 valence electrons. The summed E-state index contributed by atoms with van der Waals surface area (Å²) in [6.07, 6.45) is 1.05. The number of benzene rings is 1. The van der Waals surface area contributed by atoms with Gasteiger partial charge in [-0.1, -0.05) is 6.92 Å². The normalized spacial score (nSPS) is 10.1. The van der Waals surface area contributed by atoms with Crippen LogP contribution in [0.5, 0.6) is 11.5 Å². The van der Waals surface area contributed by atoms with E-state index in [0.29, 0.717) is 13.2 Å². The average Bonchev–Trinajstić information content (AvgIpc) is 2.40. The van der Waals surface area contributed by atoms with Crippen molar-refractivity contribution in [3.63, 3.8) is 0 Å². The van der Waals surface area contributed by atoms with E-state index >= 15 is 0 Å². The van der Waals surface area contributed by atoms with E-state index in [9.17, 15) is 0 Å². The van der Waals surface area contributed by atoms with Crippen molar-refractivity contribution in [1.29, 1.82) is 5.26 Å². The lowest BCUT2D eigenvalue weighted by atomic mass is 10.3. The summed E-state index contributed by atoms with van der Waals surface area (Å²) >= 11 is 0. The van der Waals surface area contributed by atoms with Crippen molar-refractivity contribution < 1.29 is 9.47 Å². The molecule has 0 saturated carbocycles. The molecule has 0 amide bonds. The van der Waals surface area contributed by atoms with Gasteiger partial charge in [0.25, 0.3) is 0 Å². The molecule has 0 bridgehead atoms. The van der Waals surface area contributed by atoms with Crippen LogP contribution in [0.2, 0.25) is 0 Å². The summed E-state index contributed by atoms with van der Waals surface area (Å²) in [5.41, 5.74) is 0. The molecule has 0 aliphatic rings. The second-order valence-electron chi connectivity index (χ2n) is 3.96. The fourth-order valence-electron chi connectivity index (χ4n) is 1.65. The van der Waals surface area contributed by atoms with E-state index in [4.69, 9.17) is 14.7 Å². The van der Waals surface area contributed by atoms with E-state index in [1.165, 1.54) is 0 Å². The molecule has 0 aliphatic heterocycles. The molecule has 1 rings (SSSR count). The topological polar surface area (TPSA) is 45.5 Å². The van der Waals surface area contributed by atoms with E-state index < -0.39 is 0 Å². The summed E-state index contributed by atoms with van der Waals surface area (Å²) in [7, 11) is 1.64. The van der Waals surface area contributed by atoms with Crippen LogP contribution in [-0.2, 0) is 0 Å². The minimum atomic E-state index is 0.458. The average molecular weight is 248 g/mol. The third-order valence-electron chi connectivity index (χ3n) is 2.57. The van der Waals surface area contributed by atoms with Gasteiger partial charge in [0.15, 0.2) is 0 Å². The van der Waals surface area contributed by atoms with Crippen LogP contribution in [0.1, 0.15) is 13.3 Å². The van der Waals surface area contributed by atoms with Gasteiger partial charge in [0.05, 0.1) is 19.7 Å². The summed E-state index contributed by atoms with van der Waals surface area (Å²) in [6, 6.07) is 9.67. The van der Waals surface area contributed by atoms with Gasteiger partial charge in [0, 0.05) is 6.54 Å². The number of nitrogens with zero attached hydrogens (tertiary/aromatic N) is 2. The van der Waals surface area contributed by atoms with Crippen LogP contribution < -0.4 is 9.47 Å². The monoisotopic (exact) mass is 248 g/mol. The smallest absolute Gasteiger partial charge is 0.119 e. The minimum Gasteiger partial charge on any atom is -0.497 e. The molecule has 0 atom stereocenters. The molecule has 0 unspecified atom stereocenters. The zero-order valence-electron chi connectivity index (χ0n) is 11.1. The van der Waals surface area contributed by atoms with Crippen LogP contribution in [0.3, 0.4) is 0 Å². The summed E-state index contributed by atoms with van der Waals surface area (Å²) in [6.45, 7) is 4.86. The van der Waals surface area contributed by atoms with E-state index in [2.05, 4.69) is 17.9 Å². The zero-order valence-corrected chi connectivity index (χ0v) is 11.1. The van der Waals surface area contributed by atoms with Crippen molar-refractivity contribution >= 4 is 0 Å². The summed E-state index contributed by atoms with van der Waals surface area (Å²) in [5, 5.41) is 8.69. The maximum Gasteiger partial charge on any atom is 0.119 e. The molecule has 0 heterocycles. The van der Waals surface area contributed by atoms with Crippen molar-refractivity contribution in [3.8, 4) is 17.6 Å². The largest absolute Gasteiger partial charge is 0.497 e. The second kappa shape index (κ2) is 8.37. The van der Waals surface area contributed by atoms with Gasteiger partial charge < -0.3 is 9.47 Å². The van der Waals surface area contributed by atoms with Crippen LogP contribution in [0.4, 0.5) is 0 Å². The van der Waals surface area contributed by atoms with Gasteiger partial charge in [-0.3, -0.25) is 4.90 Å². The van der Waals surface area contributed by atoms with Crippen LogP contribution in [-0.4, -0.2) is 38.3 Å². The Morgan fingerprint density at radius 2 is 1.83 bits per heavy atom. The van der Waals surface area contributed by atoms with Gasteiger partial charge in [-0.15, -0.1) is 0 Å². The van der Waals surface area contributed by atoms with Gasteiger partial charge in [0.2, 0.25) is 0 Å². The van der Waals surface area contributed by atoms with E-state index in [0.717, 1.165) is 31.0 Å². The van der Waals surface area contributed by atoms with Gasteiger partial charge >= 0.3 is 0 Å². The lowest BCUT2D eigenvalue weighted by Gasteiger charge is -2.18. The van der Waals surface area contributed by atoms with E-state index in [-0.39, 0.29) is 0 Å². The molecule has 4 heteroatoms. The Morgan fingerprint density at radius 1 is 1.17 bits per heavy atom. The first-order valence-corrected chi connectivity index (χ1v) is 6.16. The third-order valence-corrected chi connectivity index (χ3v) is 2.57. The van der Waals surface area contributed by atoms with Gasteiger partial charge in [-0.2, -0.15) is 5.26 Å². The third kappa shape index (κ3) is 5.07. The van der Waals surface area contributed by atoms with Crippen molar-refractivity contribution in [2.45, 2.75) is 13.3 Å². The first-order chi connectivity index (χ1) is 8.80. The number of methoxy groups -OCH3 is 1. The molecular weight excluding hydrogens is 228 g/mol. The quantitative estimate of drug-likeness (QED) is 0.662. The molecule has 1 aromatic rings. The highest BCUT2D eigenvalue weighted by atomic mass is 16.5. The number of rotatable bonds is 8. The SMILES string of the molecule is CCCN(CC#N)CCOc1ccc(OC)cc1. The molecule has 18 heavy (non-hydrogen) atoms. The van der Waals surface area contributed by atoms with Crippen molar-refractivity contribution in [2.24, 2.45) is 0 Å². The molecule has 0 fully saturated rings. The highest BCUT2D eigenvalue weighted by Gasteiger charge is 2.03. The fraction of sp³-hybridized carbons (Fsp3) is 0.500. The lowest BCUT2D eigenvalue weighted by Crippen LogP contribution is -2.29. The first kappa shape index (κ1) is 14.3. The lowest BCUT2D eigenvalue weighted by molar-refractivity contribution is 0.224. The number of nitriles is 1. The molecule has 0 spiro atoms. The molecule has 0 N–H and O–H groups in total. The van der Waals surface area contributed by atoms with Gasteiger partial charge in [-0.25, -0.2) is 0 Å². The standard InChI is InChI=1S/C14H20N2O2/c1-3-9-16(10-8-15)11-12-18-14-6-4-13(17-2)5-7-14/h4-7H,3,9-12H2,1-2H3. The molecule has 0 aliphatic carbocycles. The minimum absolute atomic E-state index is 0.458. The summed E-state index contributed by atoms with van der Waals surface area (Å²) in [4.78, 5) is 2.09. The molecule has 0 saturated heterocycles. The van der Waals surface area contributed by atoms with Crippen LogP contribution in [0.25, 0.3) is 0 Å². The maximum absolute atomic E-state index is 8.69. The Bertz CT molecular complexity index is 370. The number of hydrogen-bond acceptors (Lipinski definition) is 4. The van der Waals surface area contributed by atoms with Crippen LogP contribution in [0.15, 0.2) is 24.3 Å². The Hall–Kier alpha value is -1.73. The van der Waals surface area contributed by atoms with Gasteiger partial charge in [0.1, 0.15) is 18.1 Å². The molecular formula is C14H20N2O2.